The molecule has 0 atom stereocenters. The Hall–Kier alpha value is -1.18. The predicted molar refractivity (Wildman–Crippen MR) is 67.7 cm³/mol. The highest BCUT2D eigenvalue weighted by molar-refractivity contribution is 5.51. The van der Waals surface area contributed by atoms with Crippen molar-refractivity contribution in [3.8, 4) is 11.5 Å². The topological polar surface area (TPSA) is 18.5 Å². The molecule has 0 aliphatic carbocycles. The van der Waals surface area contributed by atoms with Crippen molar-refractivity contribution in [2.45, 2.75) is 39.5 Å². The van der Waals surface area contributed by atoms with E-state index in [1.807, 2.05) is 0 Å². The molecule has 0 spiro atoms. The van der Waals surface area contributed by atoms with E-state index in [9.17, 15) is 0 Å². The zero-order valence-corrected chi connectivity index (χ0v) is 11.1. The van der Waals surface area contributed by atoms with Crippen molar-refractivity contribution in [2.24, 2.45) is 0 Å². The first kappa shape index (κ1) is 12.9. The lowest BCUT2D eigenvalue weighted by Gasteiger charge is -2.18. The Kier molecular flexibility index (Phi) is 4.22. The van der Waals surface area contributed by atoms with Gasteiger partial charge in [-0.3, -0.25) is 0 Å². The van der Waals surface area contributed by atoms with Gasteiger partial charge in [-0.2, -0.15) is 0 Å². The summed E-state index contributed by atoms with van der Waals surface area (Å²) in [4.78, 5) is 0. The van der Waals surface area contributed by atoms with E-state index in [4.69, 9.17) is 9.47 Å². The molecule has 0 N–H and O–H groups in total. The van der Waals surface area contributed by atoms with Crippen LogP contribution in [0.3, 0.4) is 0 Å². The number of hydrogen-bond acceptors (Lipinski definition) is 2. The summed E-state index contributed by atoms with van der Waals surface area (Å²) in [5, 5.41) is 0. The van der Waals surface area contributed by atoms with Crippen LogP contribution in [0.15, 0.2) is 12.1 Å². The van der Waals surface area contributed by atoms with Gasteiger partial charge in [0, 0.05) is 5.56 Å². The molecule has 0 aromatic heterocycles. The second kappa shape index (κ2) is 5.24. The molecule has 0 aliphatic heterocycles. The molecule has 2 heteroatoms. The third-order valence-corrected chi connectivity index (χ3v) is 2.82. The maximum Gasteiger partial charge on any atom is 0.164 e. The highest BCUT2D eigenvalue weighted by Crippen LogP contribution is 2.38. The fourth-order valence-corrected chi connectivity index (χ4v) is 1.78. The van der Waals surface area contributed by atoms with Crippen molar-refractivity contribution in [3.63, 3.8) is 0 Å². The Bertz CT molecular complexity index is 354. The predicted octanol–water partition coefficient (Wildman–Crippen LogP) is 3.95. The quantitative estimate of drug-likeness (QED) is 0.768. The molecule has 1 aromatic rings. The minimum atomic E-state index is 0.433. The summed E-state index contributed by atoms with van der Waals surface area (Å²) in [6.07, 6.45) is 0. The fraction of sp³-hybridized carbons (Fsp3) is 0.571. The Balaban J connectivity index is 3.37. The van der Waals surface area contributed by atoms with E-state index in [0.717, 1.165) is 11.5 Å². The van der Waals surface area contributed by atoms with Crippen molar-refractivity contribution in [3.05, 3.63) is 23.3 Å². The molecule has 0 saturated heterocycles. The summed E-state index contributed by atoms with van der Waals surface area (Å²) in [5.74, 6) is 2.62. The van der Waals surface area contributed by atoms with E-state index in [1.54, 1.807) is 14.2 Å². The monoisotopic (exact) mass is 222 g/mol. The molecular formula is C14H22O2. The third-order valence-electron chi connectivity index (χ3n) is 2.82. The molecule has 0 aliphatic rings. The molecule has 0 unspecified atom stereocenters. The van der Waals surface area contributed by atoms with Gasteiger partial charge < -0.3 is 9.47 Å². The number of methoxy groups -OCH3 is 2. The average Bonchev–Trinajstić information content (AvgIpc) is 2.26. The smallest absolute Gasteiger partial charge is 0.164 e. The largest absolute Gasteiger partial charge is 0.493 e. The summed E-state index contributed by atoms with van der Waals surface area (Å²) in [6.45, 7) is 8.71. The van der Waals surface area contributed by atoms with Crippen molar-refractivity contribution in [1.82, 2.24) is 0 Å². The molecule has 0 bridgehead atoms. The van der Waals surface area contributed by atoms with Gasteiger partial charge in [-0.1, -0.05) is 33.8 Å². The summed E-state index contributed by atoms with van der Waals surface area (Å²) >= 11 is 0. The lowest BCUT2D eigenvalue weighted by Crippen LogP contribution is -2.00. The molecule has 0 saturated carbocycles. The van der Waals surface area contributed by atoms with Crippen molar-refractivity contribution >= 4 is 0 Å². The molecule has 0 heterocycles. The molecule has 0 amide bonds. The van der Waals surface area contributed by atoms with E-state index in [-0.39, 0.29) is 0 Å². The fourth-order valence-electron chi connectivity index (χ4n) is 1.78. The number of benzene rings is 1. The molecule has 2 nitrogen and oxygen atoms in total. The van der Waals surface area contributed by atoms with Crippen LogP contribution in [0.4, 0.5) is 0 Å². The van der Waals surface area contributed by atoms with Crippen LogP contribution in [0.2, 0.25) is 0 Å². The van der Waals surface area contributed by atoms with Gasteiger partial charge >= 0.3 is 0 Å². The first-order chi connectivity index (χ1) is 7.51. The first-order valence-electron chi connectivity index (χ1n) is 5.77. The van der Waals surface area contributed by atoms with Crippen LogP contribution in [-0.4, -0.2) is 14.2 Å². The zero-order chi connectivity index (χ0) is 12.3. The van der Waals surface area contributed by atoms with Crippen molar-refractivity contribution in [1.29, 1.82) is 0 Å². The highest BCUT2D eigenvalue weighted by Gasteiger charge is 2.15. The van der Waals surface area contributed by atoms with Gasteiger partial charge in [0.05, 0.1) is 14.2 Å². The number of ether oxygens (including phenoxy) is 2. The van der Waals surface area contributed by atoms with Crippen molar-refractivity contribution < 1.29 is 9.47 Å². The lowest BCUT2D eigenvalue weighted by molar-refractivity contribution is 0.349. The molecular weight excluding hydrogens is 200 g/mol. The van der Waals surface area contributed by atoms with E-state index in [1.165, 1.54) is 11.1 Å². The van der Waals surface area contributed by atoms with Crippen LogP contribution in [0.5, 0.6) is 11.5 Å². The maximum atomic E-state index is 5.44. The summed E-state index contributed by atoms with van der Waals surface area (Å²) in [6, 6.07) is 4.28. The average molecular weight is 222 g/mol. The third kappa shape index (κ3) is 2.49. The van der Waals surface area contributed by atoms with Crippen LogP contribution in [0.1, 0.15) is 50.7 Å². The Labute approximate surface area is 98.6 Å². The van der Waals surface area contributed by atoms with Gasteiger partial charge in [-0.15, -0.1) is 0 Å². The lowest BCUT2D eigenvalue weighted by atomic mass is 9.94. The minimum absolute atomic E-state index is 0.433. The van der Waals surface area contributed by atoms with Gasteiger partial charge in [-0.05, 0) is 23.5 Å². The highest BCUT2D eigenvalue weighted by atomic mass is 16.5. The second-order valence-electron chi connectivity index (χ2n) is 4.66. The molecule has 0 fully saturated rings. The molecule has 1 rings (SSSR count). The van der Waals surface area contributed by atoms with Crippen LogP contribution in [0.25, 0.3) is 0 Å². The minimum Gasteiger partial charge on any atom is -0.493 e. The van der Waals surface area contributed by atoms with Gasteiger partial charge in [0.15, 0.2) is 11.5 Å². The van der Waals surface area contributed by atoms with E-state index in [0.29, 0.717) is 11.8 Å². The summed E-state index contributed by atoms with van der Waals surface area (Å²) < 4.78 is 10.8. The molecule has 0 radical (unpaired) electrons. The Morgan fingerprint density at radius 1 is 0.875 bits per heavy atom. The van der Waals surface area contributed by atoms with Gasteiger partial charge in [0.25, 0.3) is 0 Å². The van der Waals surface area contributed by atoms with E-state index in [2.05, 4.69) is 39.8 Å². The van der Waals surface area contributed by atoms with Gasteiger partial charge in [-0.25, -0.2) is 0 Å². The van der Waals surface area contributed by atoms with Gasteiger partial charge in [0.2, 0.25) is 0 Å². The SMILES string of the molecule is COc1cc(C(C)C)cc(C(C)C)c1OC. The number of hydrogen-bond donors (Lipinski definition) is 0. The summed E-state index contributed by atoms with van der Waals surface area (Å²) in [5.41, 5.74) is 2.51. The molecule has 1 aromatic carbocycles. The van der Waals surface area contributed by atoms with Crippen molar-refractivity contribution in [2.75, 3.05) is 14.2 Å². The first-order valence-corrected chi connectivity index (χ1v) is 5.77. The zero-order valence-electron chi connectivity index (χ0n) is 11.1. The van der Waals surface area contributed by atoms with Crippen LogP contribution >= 0.6 is 0 Å². The summed E-state index contributed by atoms with van der Waals surface area (Å²) in [7, 11) is 3.38. The van der Waals surface area contributed by atoms with Crippen LogP contribution < -0.4 is 9.47 Å². The van der Waals surface area contributed by atoms with Gasteiger partial charge in [0.1, 0.15) is 0 Å². The molecule has 16 heavy (non-hydrogen) atoms. The van der Waals surface area contributed by atoms with Crippen LogP contribution in [-0.2, 0) is 0 Å². The van der Waals surface area contributed by atoms with E-state index >= 15 is 0 Å². The van der Waals surface area contributed by atoms with E-state index < -0.39 is 0 Å². The normalized spacial score (nSPS) is 11.0. The maximum absolute atomic E-state index is 5.44. The standard InChI is InChI=1S/C14H22O2/c1-9(2)11-7-12(10(3)4)14(16-6)13(8-11)15-5/h7-10H,1-6H3. The Morgan fingerprint density at radius 3 is 1.88 bits per heavy atom. The van der Waals surface area contributed by atoms with Crippen LogP contribution in [0, 0.1) is 0 Å². The second-order valence-corrected chi connectivity index (χ2v) is 4.66. The molecule has 90 valence electrons. The number of rotatable bonds is 4. The Morgan fingerprint density at radius 2 is 1.50 bits per heavy atom.